The van der Waals surface area contributed by atoms with Gasteiger partial charge in [0, 0.05) is 0 Å². The van der Waals surface area contributed by atoms with Gasteiger partial charge in [-0.3, -0.25) is 0 Å². The van der Waals surface area contributed by atoms with E-state index in [4.69, 9.17) is 0 Å². The average molecular weight is 250 g/mol. The molecule has 1 saturated heterocycles. The Morgan fingerprint density at radius 1 is 1.00 bits per heavy atom. The van der Waals surface area contributed by atoms with Crippen LogP contribution in [0.25, 0.3) is 0 Å². The number of piperidine rings is 1. The molecule has 0 spiro atoms. The molecule has 1 aliphatic rings. The highest BCUT2D eigenvalue weighted by molar-refractivity contribution is 5.34. The first kappa shape index (κ1) is 12.4. The van der Waals surface area contributed by atoms with Gasteiger partial charge in [-0.05, 0) is 61.0 Å². The molecule has 1 heterocycles. The van der Waals surface area contributed by atoms with E-state index >= 15 is 0 Å². The normalized spacial score (nSPS) is 16.4. The van der Waals surface area contributed by atoms with E-state index in [2.05, 4.69) is 53.8 Å². The molecular formula is C18H20N. The molecule has 1 nitrogen and oxygen atoms in total. The molecule has 1 aliphatic heterocycles. The van der Waals surface area contributed by atoms with Crippen LogP contribution in [0.2, 0.25) is 0 Å². The number of nitrogens with one attached hydrogen (secondary N) is 1. The van der Waals surface area contributed by atoms with Crippen LogP contribution in [0.15, 0.2) is 48.5 Å². The molecule has 0 unspecified atom stereocenters. The molecule has 1 heteroatoms. The van der Waals surface area contributed by atoms with Crippen LogP contribution in [-0.4, -0.2) is 13.1 Å². The third kappa shape index (κ3) is 3.05. The van der Waals surface area contributed by atoms with Crippen molar-refractivity contribution in [2.75, 3.05) is 13.1 Å². The first-order valence-corrected chi connectivity index (χ1v) is 7.17. The summed E-state index contributed by atoms with van der Waals surface area (Å²) < 4.78 is 0. The number of hydrogen-bond donors (Lipinski definition) is 1. The van der Waals surface area contributed by atoms with Crippen molar-refractivity contribution in [1.29, 1.82) is 0 Å². The largest absolute Gasteiger partial charge is 0.317 e. The van der Waals surface area contributed by atoms with Crippen molar-refractivity contribution in [2.24, 2.45) is 0 Å². The standard InChI is InChI=1S/C18H20N/c1-2-6-15(7-3-1)14-17-8-4-5-9-18(17)16-10-12-19-13-11-16/h1-7,9,16,19H,10-14H2. The predicted molar refractivity (Wildman–Crippen MR) is 79.4 cm³/mol. The smallest absolute Gasteiger partial charge is 0.00168 e. The van der Waals surface area contributed by atoms with Gasteiger partial charge in [0.1, 0.15) is 0 Å². The van der Waals surface area contributed by atoms with Crippen LogP contribution in [0.4, 0.5) is 0 Å². The van der Waals surface area contributed by atoms with E-state index in [1.165, 1.54) is 29.5 Å². The van der Waals surface area contributed by atoms with Gasteiger partial charge in [0.15, 0.2) is 0 Å². The minimum absolute atomic E-state index is 0.706. The fourth-order valence-corrected chi connectivity index (χ4v) is 2.95. The molecule has 97 valence electrons. The second-order valence-corrected chi connectivity index (χ2v) is 5.29. The molecule has 0 aromatic heterocycles. The van der Waals surface area contributed by atoms with Gasteiger partial charge in [0.2, 0.25) is 0 Å². The van der Waals surface area contributed by atoms with E-state index in [0.29, 0.717) is 5.92 Å². The summed E-state index contributed by atoms with van der Waals surface area (Å²) in [5.74, 6) is 0.706. The highest BCUT2D eigenvalue weighted by atomic mass is 14.9. The first-order chi connectivity index (χ1) is 9.43. The fourth-order valence-electron chi connectivity index (χ4n) is 2.95. The molecule has 1 N–H and O–H groups in total. The monoisotopic (exact) mass is 250 g/mol. The zero-order valence-electron chi connectivity index (χ0n) is 11.2. The van der Waals surface area contributed by atoms with Crippen molar-refractivity contribution in [3.8, 4) is 0 Å². The Morgan fingerprint density at radius 2 is 1.79 bits per heavy atom. The first-order valence-electron chi connectivity index (χ1n) is 7.17. The lowest BCUT2D eigenvalue weighted by molar-refractivity contribution is 0.458. The third-order valence-electron chi connectivity index (χ3n) is 3.98. The molecule has 0 amide bonds. The Balaban J connectivity index is 1.84. The number of rotatable bonds is 3. The summed E-state index contributed by atoms with van der Waals surface area (Å²) in [5, 5.41) is 3.44. The van der Waals surface area contributed by atoms with Crippen molar-refractivity contribution < 1.29 is 0 Å². The van der Waals surface area contributed by atoms with Gasteiger partial charge < -0.3 is 5.32 Å². The third-order valence-corrected chi connectivity index (χ3v) is 3.98. The maximum absolute atomic E-state index is 3.46. The molecule has 1 fully saturated rings. The van der Waals surface area contributed by atoms with Gasteiger partial charge in [-0.1, -0.05) is 48.5 Å². The van der Waals surface area contributed by atoms with Crippen LogP contribution >= 0.6 is 0 Å². The van der Waals surface area contributed by atoms with Crippen LogP contribution in [-0.2, 0) is 6.42 Å². The fraction of sp³-hybridized carbons (Fsp3) is 0.333. The molecule has 0 saturated carbocycles. The Labute approximate surface area is 115 Å². The second kappa shape index (κ2) is 6.03. The quantitative estimate of drug-likeness (QED) is 0.878. The summed E-state index contributed by atoms with van der Waals surface area (Å²) in [7, 11) is 0. The number of hydrogen-bond acceptors (Lipinski definition) is 1. The maximum Gasteiger partial charge on any atom is -0.00168 e. The Kier molecular flexibility index (Phi) is 3.95. The van der Waals surface area contributed by atoms with E-state index in [0.717, 1.165) is 19.5 Å². The average Bonchev–Trinajstić information content (AvgIpc) is 2.50. The van der Waals surface area contributed by atoms with Crippen molar-refractivity contribution in [1.82, 2.24) is 5.32 Å². The topological polar surface area (TPSA) is 12.0 Å². The summed E-state index contributed by atoms with van der Waals surface area (Å²) in [6.07, 6.45) is 3.50. The van der Waals surface area contributed by atoms with Crippen LogP contribution in [0.3, 0.4) is 0 Å². The van der Waals surface area contributed by atoms with Crippen LogP contribution in [0.5, 0.6) is 0 Å². The van der Waals surface area contributed by atoms with Crippen molar-refractivity contribution in [3.05, 3.63) is 71.3 Å². The molecular weight excluding hydrogens is 230 g/mol. The molecule has 19 heavy (non-hydrogen) atoms. The van der Waals surface area contributed by atoms with Crippen LogP contribution in [0, 0.1) is 6.07 Å². The van der Waals surface area contributed by atoms with Crippen LogP contribution < -0.4 is 5.32 Å². The van der Waals surface area contributed by atoms with Gasteiger partial charge in [0.05, 0.1) is 0 Å². The molecule has 2 aromatic rings. The van der Waals surface area contributed by atoms with Gasteiger partial charge in [-0.15, -0.1) is 0 Å². The summed E-state index contributed by atoms with van der Waals surface area (Å²) in [4.78, 5) is 0. The van der Waals surface area contributed by atoms with E-state index in [-0.39, 0.29) is 0 Å². The van der Waals surface area contributed by atoms with Crippen LogP contribution in [0.1, 0.15) is 35.4 Å². The van der Waals surface area contributed by atoms with Gasteiger partial charge in [0.25, 0.3) is 0 Å². The highest BCUT2D eigenvalue weighted by Gasteiger charge is 2.17. The molecule has 3 rings (SSSR count). The molecule has 2 aromatic carbocycles. The Hall–Kier alpha value is -1.60. The molecule has 0 atom stereocenters. The van der Waals surface area contributed by atoms with Crippen molar-refractivity contribution in [3.63, 3.8) is 0 Å². The molecule has 1 radical (unpaired) electrons. The van der Waals surface area contributed by atoms with E-state index in [1.54, 1.807) is 0 Å². The lowest BCUT2D eigenvalue weighted by atomic mass is 9.85. The highest BCUT2D eigenvalue weighted by Crippen LogP contribution is 2.28. The minimum Gasteiger partial charge on any atom is -0.317 e. The number of benzene rings is 2. The molecule has 0 bridgehead atoms. The van der Waals surface area contributed by atoms with Gasteiger partial charge in [-0.2, -0.15) is 0 Å². The van der Waals surface area contributed by atoms with Gasteiger partial charge >= 0.3 is 0 Å². The van der Waals surface area contributed by atoms with Crippen molar-refractivity contribution in [2.45, 2.75) is 25.2 Å². The van der Waals surface area contributed by atoms with Gasteiger partial charge in [-0.25, -0.2) is 0 Å². The van der Waals surface area contributed by atoms with E-state index in [9.17, 15) is 0 Å². The summed E-state index contributed by atoms with van der Waals surface area (Å²) in [6.45, 7) is 2.29. The Morgan fingerprint density at radius 3 is 2.58 bits per heavy atom. The minimum atomic E-state index is 0.706. The summed E-state index contributed by atoms with van der Waals surface area (Å²) in [5.41, 5.74) is 4.26. The summed E-state index contributed by atoms with van der Waals surface area (Å²) >= 11 is 0. The molecule has 0 aliphatic carbocycles. The zero-order chi connectivity index (χ0) is 12.9. The zero-order valence-corrected chi connectivity index (χ0v) is 11.2. The van der Waals surface area contributed by atoms with E-state index in [1.807, 2.05) is 6.07 Å². The predicted octanol–water partition coefficient (Wildman–Crippen LogP) is 3.54. The SMILES string of the molecule is [c]1cccc(C2CCNCC2)c1Cc1ccccc1. The maximum atomic E-state index is 3.46. The lowest BCUT2D eigenvalue weighted by Gasteiger charge is -2.25. The second-order valence-electron chi connectivity index (χ2n) is 5.29. The lowest BCUT2D eigenvalue weighted by Crippen LogP contribution is -2.27. The Bertz CT molecular complexity index is 512. The van der Waals surface area contributed by atoms with E-state index < -0.39 is 0 Å². The summed E-state index contributed by atoms with van der Waals surface area (Å²) in [6, 6.07) is 20.6. The van der Waals surface area contributed by atoms with Crippen molar-refractivity contribution >= 4 is 0 Å².